The molecule has 2 rings (SSSR count). The van der Waals surface area contributed by atoms with Gasteiger partial charge in [0.15, 0.2) is 0 Å². The fourth-order valence-corrected chi connectivity index (χ4v) is 4.01. The van der Waals surface area contributed by atoms with E-state index >= 15 is 0 Å². The molecule has 0 heterocycles. The number of benzene rings is 2. The summed E-state index contributed by atoms with van der Waals surface area (Å²) >= 11 is 5.56. The molecule has 0 aromatic heterocycles. The van der Waals surface area contributed by atoms with Crippen molar-refractivity contribution < 1.29 is 31.1 Å². The number of hydrogen-bond acceptors (Lipinski definition) is 4. The molecule has 0 aliphatic rings. The summed E-state index contributed by atoms with van der Waals surface area (Å²) < 4.78 is 70.6. The van der Waals surface area contributed by atoms with Gasteiger partial charge in [-0.1, -0.05) is 17.7 Å². The number of hydrogen-bond donors (Lipinski definition) is 2. The van der Waals surface area contributed by atoms with E-state index in [2.05, 4.69) is 10.0 Å². The molecule has 0 spiro atoms. The molecule has 1 amide bonds. The molecule has 1 atom stereocenters. The molecular weight excluding hydrogens is 457 g/mol. The number of alkyl halides is 3. The topological polar surface area (TPSA) is 84.5 Å². The summed E-state index contributed by atoms with van der Waals surface area (Å²) in [7, 11) is -2.30. The Morgan fingerprint density at radius 1 is 1.19 bits per heavy atom. The SMILES string of the molecule is COCC(C)NS(=O)(=O)c1ccc(NC(=O)/C=C/c2ccc(Cl)c(C(F)(F)F)c2)cc1. The summed E-state index contributed by atoms with van der Waals surface area (Å²) in [5.41, 5.74) is -0.544. The molecule has 168 valence electrons. The van der Waals surface area contributed by atoms with Gasteiger partial charge in [-0.15, -0.1) is 0 Å². The first-order valence-electron chi connectivity index (χ1n) is 8.89. The number of halogens is 4. The molecule has 0 bridgehead atoms. The predicted octanol–water partition coefficient (Wildman–Crippen LogP) is 4.32. The van der Waals surface area contributed by atoms with Gasteiger partial charge in [-0.25, -0.2) is 13.1 Å². The van der Waals surface area contributed by atoms with E-state index in [9.17, 15) is 26.4 Å². The lowest BCUT2D eigenvalue weighted by Gasteiger charge is -2.13. The van der Waals surface area contributed by atoms with Crippen LogP contribution in [-0.4, -0.2) is 34.1 Å². The van der Waals surface area contributed by atoms with Crippen LogP contribution in [0.15, 0.2) is 53.4 Å². The molecule has 2 aromatic rings. The molecule has 0 radical (unpaired) electrons. The van der Waals surface area contributed by atoms with Crippen LogP contribution in [0, 0.1) is 0 Å². The van der Waals surface area contributed by atoms with Crippen LogP contribution >= 0.6 is 11.6 Å². The minimum atomic E-state index is -4.61. The maximum atomic E-state index is 12.9. The number of anilines is 1. The fourth-order valence-electron chi connectivity index (χ4n) is 2.55. The smallest absolute Gasteiger partial charge is 0.383 e. The van der Waals surface area contributed by atoms with E-state index in [1.54, 1.807) is 6.92 Å². The highest BCUT2D eigenvalue weighted by atomic mass is 35.5. The lowest BCUT2D eigenvalue weighted by atomic mass is 10.1. The van der Waals surface area contributed by atoms with Gasteiger partial charge in [-0.3, -0.25) is 4.79 Å². The summed E-state index contributed by atoms with van der Waals surface area (Å²) in [5.74, 6) is -0.606. The van der Waals surface area contributed by atoms with Gasteiger partial charge >= 0.3 is 6.18 Å². The Kier molecular flexibility index (Phi) is 8.24. The number of ether oxygens (including phenoxy) is 1. The van der Waals surface area contributed by atoms with Gasteiger partial charge in [-0.05, 0) is 55.0 Å². The van der Waals surface area contributed by atoms with Gasteiger partial charge in [-0.2, -0.15) is 13.2 Å². The molecule has 11 heteroatoms. The molecule has 0 saturated heterocycles. The molecule has 2 N–H and O–H groups in total. The molecular formula is C20H20ClF3N2O4S. The van der Waals surface area contributed by atoms with Gasteiger partial charge in [0.1, 0.15) is 0 Å². The third-order valence-electron chi connectivity index (χ3n) is 3.93. The highest BCUT2D eigenvalue weighted by Crippen LogP contribution is 2.35. The first kappa shape index (κ1) is 24.9. The Hall–Kier alpha value is -2.40. The van der Waals surface area contributed by atoms with Crippen molar-refractivity contribution in [3.8, 4) is 0 Å². The van der Waals surface area contributed by atoms with Crippen LogP contribution in [0.25, 0.3) is 6.08 Å². The molecule has 1 unspecified atom stereocenters. The van der Waals surface area contributed by atoms with E-state index in [0.29, 0.717) is 5.69 Å². The molecule has 0 aliphatic heterocycles. The Balaban J connectivity index is 2.05. The van der Waals surface area contributed by atoms with Crippen LogP contribution in [-0.2, 0) is 25.7 Å². The van der Waals surface area contributed by atoms with Crippen molar-refractivity contribution in [2.45, 2.75) is 24.0 Å². The van der Waals surface area contributed by atoms with E-state index < -0.39 is 38.7 Å². The van der Waals surface area contributed by atoms with Gasteiger partial charge in [0.2, 0.25) is 15.9 Å². The monoisotopic (exact) mass is 476 g/mol. The number of carbonyl (C=O) groups excluding carboxylic acids is 1. The second kappa shape index (κ2) is 10.3. The second-order valence-electron chi connectivity index (χ2n) is 6.56. The first-order valence-corrected chi connectivity index (χ1v) is 10.8. The normalized spacial score (nSPS) is 13.4. The third kappa shape index (κ3) is 7.35. The van der Waals surface area contributed by atoms with Gasteiger partial charge in [0.05, 0.1) is 22.1 Å². The minimum absolute atomic E-state index is 0.00448. The number of methoxy groups -OCH3 is 1. The van der Waals surface area contributed by atoms with E-state index in [4.69, 9.17) is 16.3 Å². The zero-order chi connectivity index (χ0) is 23.2. The Morgan fingerprint density at radius 3 is 2.42 bits per heavy atom. The van der Waals surface area contributed by atoms with Gasteiger partial charge in [0, 0.05) is 24.9 Å². The highest BCUT2D eigenvalue weighted by molar-refractivity contribution is 7.89. The lowest BCUT2D eigenvalue weighted by molar-refractivity contribution is -0.137. The number of sulfonamides is 1. The van der Waals surface area contributed by atoms with Crippen molar-refractivity contribution in [3.05, 3.63) is 64.7 Å². The van der Waals surface area contributed by atoms with E-state index in [1.807, 2.05) is 0 Å². The number of carbonyl (C=O) groups is 1. The zero-order valence-corrected chi connectivity index (χ0v) is 18.1. The van der Waals surface area contributed by atoms with Crippen LogP contribution in [0.5, 0.6) is 0 Å². The van der Waals surface area contributed by atoms with E-state index in [1.165, 1.54) is 43.5 Å². The molecule has 6 nitrogen and oxygen atoms in total. The number of nitrogens with one attached hydrogen (secondary N) is 2. The molecule has 31 heavy (non-hydrogen) atoms. The molecule has 0 fully saturated rings. The van der Waals surface area contributed by atoms with Crippen LogP contribution in [0.2, 0.25) is 5.02 Å². The number of amides is 1. The summed E-state index contributed by atoms with van der Waals surface area (Å²) in [6.07, 6.45) is -2.34. The predicted molar refractivity (Wildman–Crippen MR) is 112 cm³/mol. The average molecular weight is 477 g/mol. The maximum absolute atomic E-state index is 12.9. The zero-order valence-electron chi connectivity index (χ0n) is 16.5. The Bertz CT molecular complexity index is 1060. The number of rotatable bonds is 8. The Morgan fingerprint density at radius 2 is 1.84 bits per heavy atom. The van der Waals surface area contributed by atoms with Crippen molar-refractivity contribution in [2.24, 2.45) is 0 Å². The summed E-state index contributed by atoms with van der Waals surface area (Å²) in [6, 6.07) is 8.28. The van der Waals surface area contributed by atoms with Crippen molar-refractivity contribution in [3.63, 3.8) is 0 Å². The van der Waals surface area contributed by atoms with Gasteiger partial charge in [0.25, 0.3) is 0 Å². The van der Waals surface area contributed by atoms with Gasteiger partial charge < -0.3 is 10.1 Å². The Labute approximate surface area is 183 Å². The van der Waals surface area contributed by atoms with Crippen molar-refractivity contribution in [1.82, 2.24) is 4.72 Å². The average Bonchev–Trinajstić information content (AvgIpc) is 2.66. The second-order valence-corrected chi connectivity index (χ2v) is 8.68. The third-order valence-corrected chi connectivity index (χ3v) is 5.86. The minimum Gasteiger partial charge on any atom is -0.383 e. The van der Waals surface area contributed by atoms with Crippen LogP contribution in [0.1, 0.15) is 18.1 Å². The fraction of sp³-hybridized carbons (Fsp3) is 0.250. The van der Waals surface area contributed by atoms with Crippen LogP contribution in [0.3, 0.4) is 0 Å². The molecule has 0 saturated carbocycles. The van der Waals surface area contributed by atoms with Crippen molar-refractivity contribution in [1.29, 1.82) is 0 Å². The van der Waals surface area contributed by atoms with E-state index in [0.717, 1.165) is 18.2 Å². The van der Waals surface area contributed by atoms with Crippen LogP contribution < -0.4 is 10.0 Å². The largest absolute Gasteiger partial charge is 0.417 e. The standard InChI is InChI=1S/C20H20ClF3N2O4S/c1-13(12-30-2)26-31(28,29)16-7-5-15(6-8-16)25-19(27)10-4-14-3-9-18(21)17(11-14)20(22,23)24/h3-11,13,26H,12H2,1-2H3,(H,25,27)/b10-4+. The molecule has 2 aromatic carbocycles. The van der Waals surface area contributed by atoms with Crippen molar-refractivity contribution >= 4 is 39.3 Å². The molecule has 0 aliphatic carbocycles. The van der Waals surface area contributed by atoms with Crippen LogP contribution in [0.4, 0.5) is 18.9 Å². The summed E-state index contributed by atoms with van der Waals surface area (Å²) in [4.78, 5) is 12.0. The summed E-state index contributed by atoms with van der Waals surface area (Å²) in [6.45, 7) is 1.86. The van der Waals surface area contributed by atoms with E-state index in [-0.39, 0.29) is 17.1 Å². The first-order chi connectivity index (χ1) is 14.4. The van der Waals surface area contributed by atoms with Crippen molar-refractivity contribution in [2.75, 3.05) is 19.0 Å². The highest BCUT2D eigenvalue weighted by Gasteiger charge is 2.33. The lowest BCUT2D eigenvalue weighted by Crippen LogP contribution is -2.35. The maximum Gasteiger partial charge on any atom is 0.417 e. The quantitative estimate of drug-likeness (QED) is 0.556. The summed E-state index contributed by atoms with van der Waals surface area (Å²) in [5, 5.41) is 2.06.